The van der Waals surface area contributed by atoms with Crippen LogP contribution in [0.15, 0.2) is 58.3 Å². The zero-order valence-electron chi connectivity index (χ0n) is 13.9. The Labute approximate surface area is 152 Å². The number of hydrogen-bond acceptors (Lipinski definition) is 5. The first-order valence-electron chi connectivity index (χ1n) is 7.54. The van der Waals surface area contributed by atoms with Gasteiger partial charge in [0.15, 0.2) is 9.84 Å². The lowest BCUT2D eigenvalue weighted by atomic mass is 10.2. The van der Waals surface area contributed by atoms with Crippen molar-refractivity contribution in [3.05, 3.63) is 54.1 Å². The molecule has 0 fully saturated rings. The lowest BCUT2D eigenvalue weighted by molar-refractivity contribution is 0.102. The number of carbonyl (C=O) groups excluding carboxylic acids is 1. The molecule has 130 valence electrons. The molecule has 0 spiro atoms. The van der Waals surface area contributed by atoms with E-state index in [0.29, 0.717) is 17.0 Å². The predicted octanol–water partition coefficient (Wildman–Crippen LogP) is 3.59. The van der Waals surface area contributed by atoms with Gasteiger partial charge in [-0.05, 0) is 43.3 Å². The molecule has 5 nitrogen and oxygen atoms in total. The molecule has 0 aliphatic carbocycles. The molecule has 0 aromatic heterocycles. The highest BCUT2D eigenvalue weighted by molar-refractivity contribution is 7.99. The van der Waals surface area contributed by atoms with Crippen molar-refractivity contribution in [2.24, 2.45) is 5.92 Å². The van der Waals surface area contributed by atoms with Gasteiger partial charge in [-0.1, -0.05) is 12.1 Å². The first kappa shape index (κ1) is 19.0. The molecule has 7 heteroatoms. The van der Waals surface area contributed by atoms with Crippen LogP contribution in [0.25, 0.3) is 0 Å². The quantitative estimate of drug-likeness (QED) is 0.781. The van der Waals surface area contributed by atoms with Crippen molar-refractivity contribution in [2.45, 2.75) is 16.7 Å². The van der Waals surface area contributed by atoms with Gasteiger partial charge in [0.1, 0.15) is 0 Å². The molecule has 2 aromatic carbocycles. The summed E-state index contributed by atoms with van der Waals surface area (Å²) in [6.07, 6.45) is 1.12. The van der Waals surface area contributed by atoms with Gasteiger partial charge in [-0.15, -0.1) is 11.8 Å². The van der Waals surface area contributed by atoms with E-state index < -0.39 is 9.84 Å². The third-order valence-electron chi connectivity index (χ3n) is 3.39. The van der Waals surface area contributed by atoms with E-state index in [1.165, 1.54) is 36.0 Å². The molecular formula is C18H18N2O3S2. The molecule has 2 aromatic rings. The van der Waals surface area contributed by atoms with Crippen LogP contribution in [-0.4, -0.2) is 26.3 Å². The minimum Gasteiger partial charge on any atom is -0.321 e. The second-order valence-corrected chi connectivity index (χ2v) is 8.67. The summed E-state index contributed by atoms with van der Waals surface area (Å²) in [5.74, 6) is 0.227. The number of amides is 1. The molecule has 1 amide bonds. The first-order chi connectivity index (χ1) is 11.8. The third kappa shape index (κ3) is 5.34. The van der Waals surface area contributed by atoms with E-state index in [4.69, 9.17) is 5.26 Å². The smallest absolute Gasteiger partial charge is 0.255 e. The summed E-state index contributed by atoms with van der Waals surface area (Å²) in [6, 6.07) is 15.4. The number of rotatable bonds is 6. The molecule has 0 radical (unpaired) electrons. The Hall–Kier alpha value is -2.30. The molecule has 1 atom stereocenters. The molecule has 0 aliphatic rings. The molecule has 1 N–H and O–H groups in total. The van der Waals surface area contributed by atoms with Crippen LogP contribution in [0.5, 0.6) is 0 Å². The fraction of sp³-hybridized carbons (Fsp3) is 0.222. The van der Waals surface area contributed by atoms with E-state index >= 15 is 0 Å². The molecule has 0 heterocycles. The second-order valence-electron chi connectivity index (χ2n) is 5.59. The van der Waals surface area contributed by atoms with Gasteiger partial charge in [0.25, 0.3) is 5.91 Å². The lowest BCUT2D eigenvalue weighted by Gasteiger charge is -2.11. The van der Waals surface area contributed by atoms with Gasteiger partial charge in [-0.25, -0.2) is 8.42 Å². The van der Waals surface area contributed by atoms with Gasteiger partial charge in [-0.3, -0.25) is 4.79 Å². The average molecular weight is 374 g/mol. The van der Waals surface area contributed by atoms with Crippen LogP contribution in [0, 0.1) is 17.2 Å². The van der Waals surface area contributed by atoms with E-state index in [2.05, 4.69) is 11.4 Å². The van der Waals surface area contributed by atoms with Crippen molar-refractivity contribution in [1.82, 2.24) is 0 Å². The van der Waals surface area contributed by atoms with E-state index in [-0.39, 0.29) is 16.7 Å². The molecule has 2 rings (SSSR count). The Morgan fingerprint density at radius 2 is 1.84 bits per heavy atom. The Morgan fingerprint density at radius 1 is 1.20 bits per heavy atom. The molecule has 0 bridgehead atoms. The van der Waals surface area contributed by atoms with Crippen LogP contribution in [0.1, 0.15) is 17.3 Å². The number of benzene rings is 2. The minimum atomic E-state index is -3.29. The van der Waals surface area contributed by atoms with Gasteiger partial charge >= 0.3 is 0 Å². The zero-order valence-corrected chi connectivity index (χ0v) is 15.5. The van der Waals surface area contributed by atoms with Crippen molar-refractivity contribution in [3.8, 4) is 6.07 Å². The van der Waals surface area contributed by atoms with Gasteiger partial charge in [-0.2, -0.15) is 5.26 Å². The molecule has 25 heavy (non-hydrogen) atoms. The monoisotopic (exact) mass is 374 g/mol. The average Bonchev–Trinajstić information content (AvgIpc) is 2.60. The van der Waals surface area contributed by atoms with Crippen molar-refractivity contribution in [1.29, 1.82) is 5.26 Å². The maximum Gasteiger partial charge on any atom is 0.255 e. The van der Waals surface area contributed by atoms with E-state index in [1.54, 1.807) is 6.07 Å². The highest BCUT2D eigenvalue weighted by Crippen LogP contribution is 2.28. The number of sulfone groups is 1. The summed E-state index contributed by atoms with van der Waals surface area (Å²) in [6.45, 7) is 1.84. The van der Waals surface area contributed by atoms with E-state index in [9.17, 15) is 13.2 Å². The number of nitrogens with zero attached hydrogens (tertiary/aromatic N) is 1. The molecule has 0 saturated carbocycles. The Morgan fingerprint density at radius 3 is 2.44 bits per heavy atom. The van der Waals surface area contributed by atoms with Crippen molar-refractivity contribution < 1.29 is 13.2 Å². The fourth-order valence-electron chi connectivity index (χ4n) is 2.00. The number of nitrogens with one attached hydrogen (secondary N) is 1. The normalized spacial score (nSPS) is 12.2. The number of para-hydroxylation sites is 1. The number of anilines is 1. The fourth-order valence-corrected chi connectivity index (χ4v) is 3.58. The minimum absolute atomic E-state index is 0.0858. The topological polar surface area (TPSA) is 87.0 Å². The summed E-state index contributed by atoms with van der Waals surface area (Å²) in [4.78, 5) is 13.5. The third-order valence-corrected chi connectivity index (χ3v) is 5.85. The highest BCUT2D eigenvalue weighted by atomic mass is 32.2. The van der Waals surface area contributed by atoms with Crippen molar-refractivity contribution in [2.75, 3.05) is 17.3 Å². The summed E-state index contributed by atoms with van der Waals surface area (Å²) in [5.41, 5.74) is 1.03. The molecule has 0 saturated heterocycles. The highest BCUT2D eigenvalue weighted by Gasteiger charge is 2.12. The van der Waals surface area contributed by atoms with Crippen molar-refractivity contribution in [3.63, 3.8) is 0 Å². The summed E-state index contributed by atoms with van der Waals surface area (Å²) >= 11 is 1.51. The van der Waals surface area contributed by atoms with Gasteiger partial charge in [0.05, 0.1) is 22.6 Å². The van der Waals surface area contributed by atoms with Crippen LogP contribution in [0.4, 0.5) is 5.69 Å². The van der Waals surface area contributed by atoms with Crippen LogP contribution in [0.3, 0.4) is 0 Å². The zero-order chi connectivity index (χ0) is 18.4. The summed E-state index contributed by atoms with van der Waals surface area (Å²) in [7, 11) is -3.29. The Bertz CT molecular complexity index is 901. The summed E-state index contributed by atoms with van der Waals surface area (Å²) in [5, 5.41) is 11.7. The first-order valence-corrected chi connectivity index (χ1v) is 10.4. The number of carbonyl (C=O) groups is 1. The second kappa shape index (κ2) is 8.19. The van der Waals surface area contributed by atoms with Gasteiger partial charge < -0.3 is 5.32 Å². The Balaban J connectivity index is 2.14. The van der Waals surface area contributed by atoms with E-state index in [0.717, 1.165) is 11.2 Å². The Kier molecular flexibility index (Phi) is 6.23. The largest absolute Gasteiger partial charge is 0.321 e. The van der Waals surface area contributed by atoms with Gasteiger partial charge in [0, 0.05) is 22.5 Å². The lowest BCUT2D eigenvalue weighted by Crippen LogP contribution is -2.13. The van der Waals surface area contributed by atoms with Crippen LogP contribution < -0.4 is 5.32 Å². The van der Waals surface area contributed by atoms with Crippen molar-refractivity contribution >= 4 is 33.2 Å². The summed E-state index contributed by atoms with van der Waals surface area (Å²) < 4.78 is 23.0. The standard InChI is InChI=1S/C18H18N2O3S2/c1-13(11-19)12-24-17-6-4-3-5-16(17)20-18(21)14-7-9-15(10-8-14)25(2,22)23/h3-10,13H,12H2,1-2H3,(H,20,21)/t13-/m1/s1. The maximum atomic E-state index is 12.4. The van der Waals surface area contributed by atoms with Gasteiger partial charge in [0.2, 0.25) is 0 Å². The maximum absolute atomic E-state index is 12.4. The van der Waals surface area contributed by atoms with Crippen LogP contribution in [0.2, 0.25) is 0 Å². The molecule has 0 aliphatic heterocycles. The number of hydrogen-bond donors (Lipinski definition) is 1. The predicted molar refractivity (Wildman–Crippen MR) is 99.4 cm³/mol. The van der Waals surface area contributed by atoms with Crippen LogP contribution in [-0.2, 0) is 9.84 Å². The number of nitriles is 1. The number of thioether (sulfide) groups is 1. The molecule has 0 unspecified atom stereocenters. The molecular weight excluding hydrogens is 356 g/mol. The van der Waals surface area contributed by atoms with Crippen LogP contribution >= 0.6 is 11.8 Å². The van der Waals surface area contributed by atoms with E-state index in [1.807, 2.05) is 25.1 Å². The SMILES string of the molecule is C[C@H](C#N)CSc1ccccc1NC(=O)c1ccc(S(C)(=O)=O)cc1.